The van der Waals surface area contributed by atoms with Crippen molar-refractivity contribution in [2.45, 2.75) is 18.9 Å². The Morgan fingerprint density at radius 3 is 3.07 bits per heavy atom. The van der Waals surface area contributed by atoms with Gasteiger partial charge in [-0.15, -0.1) is 0 Å². The third kappa shape index (κ3) is 3.84. The molecule has 0 spiro atoms. The summed E-state index contributed by atoms with van der Waals surface area (Å²) < 4.78 is 13.7. The molecule has 1 aliphatic rings. The minimum Gasteiger partial charge on any atom is -0.374 e. The summed E-state index contributed by atoms with van der Waals surface area (Å²) >= 11 is 0. The molecular formula is C19H21FN6O. The first-order valence-corrected chi connectivity index (χ1v) is 9.01. The van der Waals surface area contributed by atoms with Crippen LogP contribution in [0.2, 0.25) is 0 Å². The molecule has 3 N–H and O–H groups in total. The SMILES string of the molecule is O=C(CNc1ccccc1F)N1CCCC(Nc2ncnc3[nH]ccc23)C1. The Morgan fingerprint density at radius 1 is 1.30 bits per heavy atom. The van der Waals surface area contributed by atoms with Gasteiger partial charge in [0.05, 0.1) is 17.6 Å². The molecule has 1 aliphatic heterocycles. The second kappa shape index (κ2) is 7.61. The lowest BCUT2D eigenvalue weighted by molar-refractivity contribution is -0.130. The van der Waals surface area contributed by atoms with Gasteiger partial charge in [-0.05, 0) is 31.0 Å². The number of H-pyrrole nitrogens is 1. The first-order chi connectivity index (χ1) is 13.2. The van der Waals surface area contributed by atoms with Crippen LogP contribution < -0.4 is 10.6 Å². The van der Waals surface area contributed by atoms with Gasteiger partial charge in [-0.1, -0.05) is 12.1 Å². The van der Waals surface area contributed by atoms with Crippen molar-refractivity contribution in [2.24, 2.45) is 0 Å². The normalized spacial score (nSPS) is 17.1. The number of amides is 1. The molecular weight excluding hydrogens is 347 g/mol. The van der Waals surface area contributed by atoms with E-state index in [1.165, 1.54) is 12.4 Å². The molecule has 1 amide bonds. The highest BCUT2D eigenvalue weighted by atomic mass is 19.1. The van der Waals surface area contributed by atoms with Crippen LogP contribution in [0.3, 0.4) is 0 Å². The third-order valence-electron chi connectivity index (χ3n) is 4.77. The summed E-state index contributed by atoms with van der Waals surface area (Å²) in [5.41, 5.74) is 1.12. The summed E-state index contributed by atoms with van der Waals surface area (Å²) in [5, 5.41) is 7.25. The Hall–Kier alpha value is -3.16. The standard InChI is InChI=1S/C19H21FN6O/c20-15-5-1-2-6-16(15)22-10-17(27)26-9-3-4-13(11-26)25-19-14-7-8-21-18(14)23-12-24-19/h1-2,5-8,12-13,22H,3-4,9-11H2,(H2,21,23,24,25). The van der Waals surface area contributed by atoms with Crippen molar-refractivity contribution in [1.29, 1.82) is 0 Å². The topological polar surface area (TPSA) is 85.9 Å². The number of nitrogens with zero attached hydrogens (tertiary/aromatic N) is 3. The molecule has 1 fully saturated rings. The van der Waals surface area contributed by atoms with Gasteiger partial charge in [0.1, 0.15) is 23.6 Å². The average molecular weight is 368 g/mol. The number of hydrogen-bond donors (Lipinski definition) is 3. The van der Waals surface area contributed by atoms with E-state index in [1.807, 2.05) is 17.2 Å². The number of halogens is 1. The Kier molecular flexibility index (Phi) is 4.86. The van der Waals surface area contributed by atoms with Crippen molar-refractivity contribution in [1.82, 2.24) is 19.9 Å². The number of para-hydroxylation sites is 1. The van der Waals surface area contributed by atoms with Gasteiger partial charge in [0.2, 0.25) is 5.91 Å². The van der Waals surface area contributed by atoms with Crippen molar-refractivity contribution in [3.8, 4) is 0 Å². The van der Waals surface area contributed by atoms with E-state index in [9.17, 15) is 9.18 Å². The minimum absolute atomic E-state index is 0.0424. The summed E-state index contributed by atoms with van der Waals surface area (Å²) in [6.07, 6.45) is 5.21. The molecule has 2 aromatic heterocycles. The number of piperidine rings is 1. The van der Waals surface area contributed by atoms with Crippen molar-refractivity contribution in [3.63, 3.8) is 0 Å². The van der Waals surface area contributed by atoms with Gasteiger partial charge in [-0.3, -0.25) is 4.79 Å². The fraction of sp³-hybridized carbons (Fsp3) is 0.316. The molecule has 0 bridgehead atoms. The van der Waals surface area contributed by atoms with Crippen LogP contribution >= 0.6 is 0 Å². The van der Waals surface area contributed by atoms with E-state index in [4.69, 9.17) is 0 Å². The third-order valence-corrected chi connectivity index (χ3v) is 4.77. The Labute approximate surface area is 156 Å². The molecule has 1 saturated heterocycles. The van der Waals surface area contributed by atoms with E-state index in [2.05, 4.69) is 25.6 Å². The smallest absolute Gasteiger partial charge is 0.241 e. The van der Waals surface area contributed by atoms with Gasteiger partial charge in [-0.2, -0.15) is 0 Å². The number of carbonyl (C=O) groups excluding carboxylic acids is 1. The highest BCUT2D eigenvalue weighted by molar-refractivity contribution is 5.87. The number of likely N-dealkylation sites (tertiary alicyclic amines) is 1. The molecule has 0 radical (unpaired) electrons. The average Bonchev–Trinajstić information content (AvgIpc) is 3.17. The molecule has 1 aromatic carbocycles. The fourth-order valence-corrected chi connectivity index (χ4v) is 3.39. The van der Waals surface area contributed by atoms with E-state index in [-0.39, 0.29) is 24.3 Å². The molecule has 8 heteroatoms. The molecule has 140 valence electrons. The van der Waals surface area contributed by atoms with Gasteiger partial charge in [-0.25, -0.2) is 14.4 Å². The first kappa shape index (κ1) is 17.3. The van der Waals surface area contributed by atoms with E-state index in [0.29, 0.717) is 18.8 Å². The Morgan fingerprint density at radius 2 is 2.19 bits per heavy atom. The molecule has 7 nitrogen and oxygen atoms in total. The van der Waals surface area contributed by atoms with E-state index < -0.39 is 0 Å². The van der Waals surface area contributed by atoms with Crippen LogP contribution in [-0.4, -0.2) is 51.4 Å². The summed E-state index contributed by atoms with van der Waals surface area (Å²) in [6.45, 7) is 1.37. The second-order valence-electron chi connectivity index (χ2n) is 6.62. The van der Waals surface area contributed by atoms with E-state index in [0.717, 1.165) is 29.7 Å². The van der Waals surface area contributed by atoms with Crippen LogP contribution in [0.25, 0.3) is 11.0 Å². The maximum Gasteiger partial charge on any atom is 0.241 e. The molecule has 1 atom stereocenters. The maximum absolute atomic E-state index is 13.7. The Bertz CT molecular complexity index is 943. The maximum atomic E-state index is 13.7. The first-order valence-electron chi connectivity index (χ1n) is 9.01. The van der Waals surface area contributed by atoms with Crippen LogP contribution in [0.4, 0.5) is 15.9 Å². The largest absolute Gasteiger partial charge is 0.374 e. The van der Waals surface area contributed by atoms with Gasteiger partial charge in [0.15, 0.2) is 0 Å². The predicted octanol–water partition coefficient (Wildman–Crippen LogP) is 2.61. The monoisotopic (exact) mass is 368 g/mol. The highest BCUT2D eigenvalue weighted by Crippen LogP contribution is 2.21. The van der Waals surface area contributed by atoms with Gasteiger partial charge >= 0.3 is 0 Å². The number of benzene rings is 1. The molecule has 0 aliphatic carbocycles. The molecule has 3 heterocycles. The molecule has 1 unspecified atom stereocenters. The quantitative estimate of drug-likeness (QED) is 0.645. The number of carbonyl (C=O) groups is 1. The predicted molar refractivity (Wildman–Crippen MR) is 102 cm³/mol. The zero-order chi connectivity index (χ0) is 18.6. The fourth-order valence-electron chi connectivity index (χ4n) is 3.39. The van der Waals surface area contributed by atoms with Crippen molar-refractivity contribution < 1.29 is 9.18 Å². The second-order valence-corrected chi connectivity index (χ2v) is 6.62. The molecule has 27 heavy (non-hydrogen) atoms. The van der Waals surface area contributed by atoms with Crippen LogP contribution in [0.15, 0.2) is 42.9 Å². The molecule has 3 aromatic rings. The highest BCUT2D eigenvalue weighted by Gasteiger charge is 2.24. The lowest BCUT2D eigenvalue weighted by Gasteiger charge is -2.33. The number of aromatic nitrogens is 3. The zero-order valence-corrected chi connectivity index (χ0v) is 14.8. The number of aromatic amines is 1. The number of hydrogen-bond acceptors (Lipinski definition) is 5. The van der Waals surface area contributed by atoms with Crippen LogP contribution in [0.1, 0.15) is 12.8 Å². The van der Waals surface area contributed by atoms with Crippen molar-refractivity contribution in [3.05, 3.63) is 48.7 Å². The van der Waals surface area contributed by atoms with Crippen molar-refractivity contribution >= 4 is 28.4 Å². The number of rotatable bonds is 5. The number of anilines is 2. The lowest BCUT2D eigenvalue weighted by Crippen LogP contribution is -2.47. The van der Waals surface area contributed by atoms with Crippen molar-refractivity contribution in [2.75, 3.05) is 30.3 Å². The van der Waals surface area contributed by atoms with Gasteiger partial charge < -0.3 is 20.5 Å². The summed E-state index contributed by atoms with van der Waals surface area (Å²) in [7, 11) is 0. The molecule has 4 rings (SSSR count). The van der Waals surface area contributed by atoms with E-state index >= 15 is 0 Å². The van der Waals surface area contributed by atoms with Crippen LogP contribution in [0, 0.1) is 5.82 Å². The minimum atomic E-state index is -0.359. The van der Waals surface area contributed by atoms with Gasteiger partial charge in [0, 0.05) is 25.3 Å². The van der Waals surface area contributed by atoms with Crippen LogP contribution in [0.5, 0.6) is 0 Å². The summed E-state index contributed by atoms with van der Waals surface area (Å²) in [6, 6.07) is 8.40. The summed E-state index contributed by atoms with van der Waals surface area (Å²) in [4.78, 5) is 25.9. The zero-order valence-electron chi connectivity index (χ0n) is 14.8. The molecule has 0 saturated carbocycles. The summed E-state index contributed by atoms with van der Waals surface area (Å²) in [5.74, 6) is 0.368. The number of nitrogens with one attached hydrogen (secondary N) is 3. The Balaban J connectivity index is 1.37. The number of fused-ring (bicyclic) bond motifs is 1. The van der Waals surface area contributed by atoms with Gasteiger partial charge in [0.25, 0.3) is 0 Å². The van der Waals surface area contributed by atoms with Crippen LogP contribution in [-0.2, 0) is 4.79 Å². The van der Waals surface area contributed by atoms with E-state index in [1.54, 1.807) is 18.2 Å². The lowest BCUT2D eigenvalue weighted by atomic mass is 10.1.